The summed E-state index contributed by atoms with van der Waals surface area (Å²) < 4.78 is 4.70. The van der Waals surface area contributed by atoms with Crippen LogP contribution in [0.1, 0.15) is 13.3 Å². The van der Waals surface area contributed by atoms with Crippen molar-refractivity contribution in [3.63, 3.8) is 0 Å². The molecule has 0 bridgehead atoms. The van der Waals surface area contributed by atoms with E-state index in [0.29, 0.717) is 23.8 Å². The van der Waals surface area contributed by atoms with Gasteiger partial charge in [-0.2, -0.15) is 0 Å². The monoisotopic (exact) mass is 295 g/mol. The molecule has 1 unspecified atom stereocenters. The fourth-order valence-corrected chi connectivity index (χ4v) is 1.08. The third-order valence-electron chi connectivity index (χ3n) is 2.30. The molecule has 0 amide bonds. The van der Waals surface area contributed by atoms with Gasteiger partial charge in [-0.1, -0.05) is 44.4 Å². The molecule has 6 nitrogen and oxygen atoms in total. The number of hydrogen-bond donors (Lipinski definition) is 3. The Hall–Kier alpha value is -1.96. The normalized spacial score (nSPS) is 12.6. The molecule has 0 rings (SSSR count). The second-order valence-electron chi connectivity index (χ2n) is 3.77. The average Bonchev–Trinajstić information content (AvgIpc) is 2.49. The number of aliphatic carboxylic acids is 1. The predicted molar refractivity (Wildman–Crippen MR) is 83.5 cm³/mol. The highest BCUT2D eigenvalue weighted by molar-refractivity contribution is 6.54. The minimum Gasteiger partial charge on any atom is -0.480 e. The number of carboxylic acids is 1. The van der Waals surface area contributed by atoms with E-state index >= 15 is 0 Å². The molecule has 0 aliphatic rings. The predicted octanol–water partition coefficient (Wildman–Crippen LogP) is 0.884. The molecular weight excluding hydrogens is 273 g/mol. The molecule has 0 fully saturated rings. The van der Waals surface area contributed by atoms with E-state index in [1.165, 1.54) is 31.4 Å². The summed E-state index contributed by atoms with van der Waals surface area (Å²) in [5.41, 5.74) is 5.69. The van der Waals surface area contributed by atoms with Crippen LogP contribution in [0.3, 0.4) is 0 Å². The van der Waals surface area contributed by atoms with Gasteiger partial charge in [0.25, 0.3) is 0 Å². The van der Waals surface area contributed by atoms with Crippen molar-refractivity contribution in [2.75, 3.05) is 7.11 Å². The molecule has 7 heteroatoms. The van der Waals surface area contributed by atoms with Gasteiger partial charge in [0.15, 0.2) is 0 Å². The third-order valence-corrected chi connectivity index (χ3v) is 2.30. The molecule has 0 aromatic heterocycles. The Bertz CT molecular complexity index is 418. The van der Waals surface area contributed by atoms with Crippen LogP contribution in [-0.4, -0.2) is 42.7 Å². The van der Waals surface area contributed by atoms with E-state index in [1.54, 1.807) is 6.92 Å². The molecule has 0 aliphatic heterocycles. The summed E-state index contributed by atoms with van der Waals surface area (Å²) in [6.45, 7) is 8.68. The minimum atomic E-state index is -1.13. The lowest BCUT2D eigenvalue weighted by Gasteiger charge is -2.07. The van der Waals surface area contributed by atoms with Crippen molar-refractivity contribution in [1.82, 2.24) is 0 Å². The van der Waals surface area contributed by atoms with Crippen LogP contribution < -0.4 is 5.73 Å². The maximum Gasteiger partial charge on any atom is 0.491 e. The Morgan fingerprint density at radius 3 is 2.14 bits per heavy atom. The lowest BCUT2D eigenvalue weighted by molar-refractivity contribution is -0.138. The molecule has 0 aromatic carbocycles. The SMILES string of the molecule is C=C/C=C(B(O)OC)\C(C=O)=C/C=C.CCC(N)C(=O)O. The van der Waals surface area contributed by atoms with Crippen LogP contribution in [0, 0.1) is 0 Å². The molecule has 4 N–H and O–H groups in total. The van der Waals surface area contributed by atoms with Crippen molar-refractivity contribution >= 4 is 19.4 Å². The first kappa shape index (κ1) is 21.3. The molecule has 116 valence electrons. The molecule has 0 spiro atoms. The largest absolute Gasteiger partial charge is 0.491 e. The number of carbonyl (C=O) groups is 2. The summed E-state index contributed by atoms with van der Waals surface area (Å²) in [4.78, 5) is 20.5. The molecule has 0 radical (unpaired) electrons. The Labute approximate surface area is 125 Å². The second kappa shape index (κ2) is 13.0. The van der Waals surface area contributed by atoms with Gasteiger partial charge in [0.1, 0.15) is 12.3 Å². The van der Waals surface area contributed by atoms with E-state index in [2.05, 4.69) is 13.2 Å². The van der Waals surface area contributed by atoms with Gasteiger partial charge in [0.05, 0.1) is 0 Å². The summed E-state index contributed by atoms with van der Waals surface area (Å²) in [5.74, 6) is -0.928. The van der Waals surface area contributed by atoms with E-state index in [1.807, 2.05) is 0 Å². The number of carboxylic acid groups (broad SMARTS) is 1. The summed E-state index contributed by atoms with van der Waals surface area (Å²) >= 11 is 0. The first-order valence-electron chi connectivity index (χ1n) is 6.19. The molecule has 0 aliphatic carbocycles. The van der Waals surface area contributed by atoms with E-state index in [0.717, 1.165) is 0 Å². The summed E-state index contributed by atoms with van der Waals surface area (Å²) in [5, 5.41) is 17.5. The van der Waals surface area contributed by atoms with E-state index < -0.39 is 19.1 Å². The number of aldehydes is 1. The second-order valence-corrected chi connectivity index (χ2v) is 3.77. The number of rotatable bonds is 8. The van der Waals surface area contributed by atoms with Gasteiger partial charge in [-0.05, 0) is 11.9 Å². The van der Waals surface area contributed by atoms with E-state index in [9.17, 15) is 14.6 Å². The number of allylic oxidation sites excluding steroid dienone is 6. The quantitative estimate of drug-likeness (QED) is 0.265. The van der Waals surface area contributed by atoms with Crippen molar-refractivity contribution in [3.8, 4) is 0 Å². The van der Waals surface area contributed by atoms with Crippen molar-refractivity contribution in [3.05, 3.63) is 48.5 Å². The standard InChI is InChI=1S/C10H13BO3.C4H9NO2/c1-4-6-9(8-12)10(7-5-2)11(13)14-3;1-2-3(5)4(6)7/h4-8,13H,1-2H2,3H3;3H,2,5H2,1H3,(H,6,7)/b9-6-,10-7+;. The zero-order chi connectivity index (χ0) is 16.8. The molecule has 0 aromatic rings. The van der Waals surface area contributed by atoms with Gasteiger partial charge in [-0.3, -0.25) is 9.59 Å². The zero-order valence-corrected chi connectivity index (χ0v) is 12.4. The van der Waals surface area contributed by atoms with Gasteiger partial charge < -0.3 is 20.5 Å². The maximum atomic E-state index is 10.7. The molecular formula is C14H22BNO5. The average molecular weight is 295 g/mol. The first-order valence-corrected chi connectivity index (χ1v) is 6.19. The molecule has 0 saturated heterocycles. The third kappa shape index (κ3) is 9.56. The van der Waals surface area contributed by atoms with Gasteiger partial charge in [0.2, 0.25) is 0 Å². The van der Waals surface area contributed by atoms with Gasteiger partial charge in [-0.15, -0.1) is 0 Å². The van der Waals surface area contributed by atoms with E-state index in [4.69, 9.17) is 15.5 Å². The molecule has 0 heterocycles. The van der Waals surface area contributed by atoms with Crippen LogP contribution in [0.15, 0.2) is 48.5 Å². The summed E-state index contributed by atoms with van der Waals surface area (Å²) in [6.07, 6.45) is 7.05. The van der Waals surface area contributed by atoms with Gasteiger partial charge in [-0.25, -0.2) is 0 Å². The summed E-state index contributed by atoms with van der Waals surface area (Å²) in [7, 11) is 0.210. The van der Waals surface area contributed by atoms with Crippen molar-refractivity contribution in [1.29, 1.82) is 0 Å². The topological polar surface area (TPSA) is 110 Å². The lowest BCUT2D eigenvalue weighted by atomic mass is 9.74. The Morgan fingerprint density at radius 2 is 1.90 bits per heavy atom. The first-order chi connectivity index (χ1) is 9.89. The smallest absolute Gasteiger partial charge is 0.480 e. The highest BCUT2D eigenvalue weighted by Crippen LogP contribution is 2.11. The van der Waals surface area contributed by atoms with Crippen molar-refractivity contribution in [2.24, 2.45) is 5.73 Å². The lowest BCUT2D eigenvalue weighted by Crippen LogP contribution is -2.28. The number of nitrogens with two attached hydrogens (primary N) is 1. The van der Waals surface area contributed by atoms with Gasteiger partial charge in [0, 0.05) is 12.7 Å². The molecule has 0 saturated carbocycles. The number of hydrogen-bond acceptors (Lipinski definition) is 5. The highest BCUT2D eigenvalue weighted by Gasteiger charge is 2.20. The van der Waals surface area contributed by atoms with Gasteiger partial charge >= 0.3 is 13.1 Å². The van der Waals surface area contributed by atoms with Crippen LogP contribution in [0.4, 0.5) is 0 Å². The van der Waals surface area contributed by atoms with E-state index in [-0.39, 0.29) is 0 Å². The highest BCUT2D eigenvalue weighted by atomic mass is 16.5. The fraction of sp³-hybridized carbons (Fsp3) is 0.286. The Balaban J connectivity index is 0. The van der Waals surface area contributed by atoms with Crippen LogP contribution in [-0.2, 0) is 14.2 Å². The fourth-order valence-electron chi connectivity index (χ4n) is 1.08. The molecule has 1 atom stereocenters. The Kier molecular flexibility index (Phi) is 13.3. The molecule has 21 heavy (non-hydrogen) atoms. The minimum absolute atomic E-state index is 0.314. The zero-order valence-electron chi connectivity index (χ0n) is 12.4. The van der Waals surface area contributed by atoms with Crippen LogP contribution in [0.5, 0.6) is 0 Å². The maximum absolute atomic E-state index is 10.7. The van der Waals surface area contributed by atoms with Crippen molar-refractivity contribution in [2.45, 2.75) is 19.4 Å². The summed E-state index contributed by atoms with van der Waals surface area (Å²) in [6, 6.07) is -0.681. The van der Waals surface area contributed by atoms with Crippen LogP contribution >= 0.6 is 0 Å². The van der Waals surface area contributed by atoms with Crippen molar-refractivity contribution < 1.29 is 24.4 Å². The Morgan fingerprint density at radius 1 is 1.38 bits per heavy atom. The van der Waals surface area contributed by atoms with Crippen LogP contribution in [0.2, 0.25) is 0 Å². The number of carbonyl (C=O) groups excluding carboxylic acids is 1. The van der Waals surface area contributed by atoms with Crippen LogP contribution in [0.25, 0.3) is 0 Å².